The number of carboxylic acids is 1. The molecule has 1 heterocycles. The molecule has 0 saturated heterocycles. The molecule has 0 amide bonds. The van der Waals surface area contributed by atoms with Crippen LogP contribution < -0.4 is 0 Å². The van der Waals surface area contributed by atoms with E-state index in [-0.39, 0.29) is 6.61 Å². The molecule has 0 fully saturated rings. The number of carbonyl (C=O) groups is 1. The lowest BCUT2D eigenvalue weighted by Crippen LogP contribution is -2.19. The number of hydrogen-bond acceptors (Lipinski definition) is 5. The maximum atomic E-state index is 10.4. The molecule has 6 nitrogen and oxygen atoms in total. The van der Waals surface area contributed by atoms with E-state index < -0.39 is 12.1 Å². The Bertz CT molecular complexity index is 310. The summed E-state index contributed by atoms with van der Waals surface area (Å²) in [5.74, 6) is -0.193. The van der Waals surface area contributed by atoms with Gasteiger partial charge in [0.2, 0.25) is 11.8 Å². The molecule has 0 radical (unpaired) electrons. The first-order valence-electron chi connectivity index (χ1n) is 4.29. The predicted octanol–water partition coefficient (Wildman–Crippen LogP) is 0.622. The number of nitrogens with zero attached hydrogens (tertiary/aromatic N) is 2. The van der Waals surface area contributed by atoms with Gasteiger partial charge in [-0.15, -0.1) is 10.2 Å². The normalized spacial score (nSPS) is 12.7. The van der Waals surface area contributed by atoms with E-state index in [0.29, 0.717) is 18.2 Å². The van der Waals surface area contributed by atoms with E-state index >= 15 is 0 Å². The molecule has 1 aromatic heterocycles. The van der Waals surface area contributed by atoms with Gasteiger partial charge in [0, 0.05) is 6.42 Å². The van der Waals surface area contributed by atoms with E-state index in [1.165, 1.54) is 6.92 Å². The first kappa shape index (κ1) is 10.6. The molecule has 78 valence electrons. The van der Waals surface area contributed by atoms with Gasteiger partial charge in [-0.2, -0.15) is 0 Å². The highest BCUT2D eigenvalue weighted by Gasteiger charge is 2.13. The quantitative estimate of drug-likeness (QED) is 0.749. The van der Waals surface area contributed by atoms with Crippen LogP contribution in [0.2, 0.25) is 0 Å². The number of hydrogen-bond donors (Lipinski definition) is 1. The Morgan fingerprint density at radius 1 is 1.57 bits per heavy atom. The average molecular weight is 200 g/mol. The van der Waals surface area contributed by atoms with E-state index in [4.69, 9.17) is 14.3 Å². The Hall–Kier alpha value is -1.43. The fourth-order valence-electron chi connectivity index (χ4n) is 0.757. The lowest BCUT2D eigenvalue weighted by atomic mass is 10.4. The summed E-state index contributed by atoms with van der Waals surface area (Å²) in [6.07, 6.45) is -0.214. The van der Waals surface area contributed by atoms with Crippen LogP contribution in [0.4, 0.5) is 0 Å². The van der Waals surface area contributed by atoms with Crippen LogP contribution >= 0.6 is 0 Å². The van der Waals surface area contributed by atoms with E-state index in [1.807, 2.05) is 6.92 Å². The van der Waals surface area contributed by atoms with Crippen LogP contribution in [-0.2, 0) is 22.6 Å². The Morgan fingerprint density at radius 2 is 2.21 bits per heavy atom. The molecule has 1 atom stereocenters. The van der Waals surface area contributed by atoms with Crippen LogP contribution in [0.3, 0.4) is 0 Å². The summed E-state index contributed by atoms with van der Waals surface area (Å²) >= 11 is 0. The fourth-order valence-corrected chi connectivity index (χ4v) is 0.757. The third kappa shape index (κ3) is 2.81. The average Bonchev–Trinajstić information content (AvgIpc) is 2.61. The summed E-state index contributed by atoms with van der Waals surface area (Å²) in [5.41, 5.74) is 0. The van der Waals surface area contributed by atoms with Crippen molar-refractivity contribution in [1.29, 1.82) is 0 Å². The molecule has 0 aliphatic carbocycles. The second kappa shape index (κ2) is 4.71. The van der Waals surface area contributed by atoms with Crippen molar-refractivity contribution in [3.8, 4) is 0 Å². The highest BCUT2D eigenvalue weighted by molar-refractivity contribution is 5.71. The van der Waals surface area contributed by atoms with Crippen molar-refractivity contribution >= 4 is 5.97 Å². The Balaban J connectivity index is 2.41. The van der Waals surface area contributed by atoms with Crippen molar-refractivity contribution in [2.75, 3.05) is 0 Å². The van der Waals surface area contributed by atoms with Gasteiger partial charge >= 0.3 is 5.97 Å². The second-order valence-electron chi connectivity index (χ2n) is 2.73. The first-order valence-corrected chi connectivity index (χ1v) is 4.29. The highest BCUT2D eigenvalue weighted by atomic mass is 16.5. The Labute approximate surface area is 80.9 Å². The van der Waals surface area contributed by atoms with Crippen LogP contribution in [0.5, 0.6) is 0 Å². The van der Waals surface area contributed by atoms with Crippen molar-refractivity contribution in [3.05, 3.63) is 11.8 Å². The van der Waals surface area contributed by atoms with E-state index in [2.05, 4.69) is 10.2 Å². The van der Waals surface area contributed by atoms with Gasteiger partial charge in [-0.05, 0) is 6.92 Å². The fraction of sp³-hybridized carbons (Fsp3) is 0.625. The maximum absolute atomic E-state index is 10.4. The molecule has 0 aromatic carbocycles. The summed E-state index contributed by atoms with van der Waals surface area (Å²) in [4.78, 5) is 10.4. The zero-order chi connectivity index (χ0) is 10.6. The zero-order valence-corrected chi connectivity index (χ0v) is 8.06. The van der Waals surface area contributed by atoms with E-state index in [1.54, 1.807) is 0 Å². The van der Waals surface area contributed by atoms with Gasteiger partial charge in [0.05, 0.1) is 0 Å². The molecular weight excluding hydrogens is 188 g/mol. The molecule has 0 unspecified atom stereocenters. The van der Waals surface area contributed by atoms with Crippen LogP contribution in [0.15, 0.2) is 4.42 Å². The number of carboxylic acid groups (broad SMARTS) is 1. The summed E-state index contributed by atoms with van der Waals surface area (Å²) in [6.45, 7) is 3.36. The smallest absolute Gasteiger partial charge is 0.332 e. The summed E-state index contributed by atoms with van der Waals surface area (Å²) < 4.78 is 10.1. The van der Waals surface area contributed by atoms with Crippen LogP contribution in [0.25, 0.3) is 0 Å². The minimum Gasteiger partial charge on any atom is -0.479 e. The van der Waals surface area contributed by atoms with Gasteiger partial charge < -0.3 is 14.3 Å². The minimum absolute atomic E-state index is 0.0282. The Morgan fingerprint density at radius 3 is 2.71 bits per heavy atom. The largest absolute Gasteiger partial charge is 0.479 e. The molecule has 0 spiro atoms. The first-order chi connectivity index (χ1) is 6.63. The molecule has 14 heavy (non-hydrogen) atoms. The van der Waals surface area contributed by atoms with Crippen molar-refractivity contribution in [3.63, 3.8) is 0 Å². The summed E-state index contributed by atoms with van der Waals surface area (Å²) in [6, 6.07) is 0. The summed E-state index contributed by atoms with van der Waals surface area (Å²) in [5, 5.41) is 15.9. The molecule has 0 aliphatic rings. The molecule has 0 aliphatic heterocycles. The molecule has 0 bridgehead atoms. The maximum Gasteiger partial charge on any atom is 0.332 e. The van der Waals surface area contributed by atoms with Gasteiger partial charge in [-0.25, -0.2) is 4.79 Å². The number of aliphatic carboxylic acids is 1. The predicted molar refractivity (Wildman–Crippen MR) is 45.6 cm³/mol. The third-order valence-electron chi connectivity index (χ3n) is 1.62. The monoisotopic (exact) mass is 200 g/mol. The van der Waals surface area contributed by atoms with Crippen LogP contribution in [-0.4, -0.2) is 27.4 Å². The topological polar surface area (TPSA) is 85.5 Å². The number of rotatable bonds is 5. The lowest BCUT2D eigenvalue weighted by molar-refractivity contribution is -0.150. The van der Waals surface area contributed by atoms with Crippen LogP contribution in [0, 0.1) is 0 Å². The molecule has 1 rings (SSSR count). The van der Waals surface area contributed by atoms with Crippen molar-refractivity contribution in [1.82, 2.24) is 10.2 Å². The molecule has 1 aromatic rings. The van der Waals surface area contributed by atoms with Crippen LogP contribution in [0.1, 0.15) is 25.6 Å². The van der Waals surface area contributed by atoms with E-state index in [0.717, 1.165) is 0 Å². The van der Waals surface area contributed by atoms with Gasteiger partial charge in [0.1, 0.15) is 6.61 Å². The van der Waals surface area contributed by atoms with Crippen molar-refractivity contribution < 1.29 is 19.1 Å². The molecule has 0 saturated carbocycles. The number of ether oxygens (including phenoxy) is 1. The molecule has 1 N–H and O–H groups in total. The lowest BCUT2D eigenvalue weighted by Gasteiger charge is -2.04. The highest BCUT2D eigenvalue weighted by Crippen LogP contribution is 2.03. The standard InChI is InChI=1S/C8H12N2O4/c1-3-6-9-10-7(14-6)4-13-5(2)8(11)12/h5H,3-4H2,1-2H3,(H,11,12)/t5-/m1/s1. The second-order valence-corrected chi connectivity index (χ2v) is 2.73. The van der Waals surface area contributed by atoms with Crippen molar-refractivity contribution in [2.24, 2.45) is 0 Å². The van der Waals surface area contributed by atoms with Gasteiger partial charge in [-0.3, -0.25) is 0 Å². The zero-order valence-electron chi connectivity index (χ0n) is 8.06. The summed E-state index contributed by atoms with van der Waals surface area (Å²) in [7, 11) is 0. The Kier molecular flexibility index (Phi) is 3.58. The molecule has 6 heteroatoms. The van der Waals surface area contributed by atoms with Gasteiger partial charge in [0.15, 0.2) is 6.10 Å². The molecular formula is C8H12N2O4. The number of aromatic nitrogens is 2. The third-order valence-corrected chi connectivity index (χ3v) is 1.62. The van der Waals surface area contributed by atoms with E-state index in [9.17, 15) is 4.79 Å². The number of aryl methyl sites for hydroxylation is 1. The van der Waals surface area contributed by atoms with Gasteiger partial charge in [-0.1, -0.05) is 6.92 Å². The SMILES string of the molecule is CCc1nnc(CO[C@H](C)C(=O)O)o1. The van der Waals surface area contributed by atoms with Gasteiger partial charge in [0.25, 0.3) is 0 Å². The van der Waals surface area contributed by atoms with Crippen molar-refractivity contribution in [2.45, 2.75) is 33.0 Å². The minimum atomic E-state index is -1.01.